The zero-order chi connectivity index (χ0) is 20.5. The molecule has 0 unspecified atom stereocenters. The molecular formula is C22H25N3O3S. The fraction of sp³-hybridized carbons (Fsp3) is 0.273. The minimum absolute atomic E-state index is 0.191. The number of ether oxygens (including phenoxy) is 2. The van der Waals surface area contributed by atoms with Gasteiger partial charge in [0, 0.05) is 23.2 Å². The van der Waals surface area contributed by atoms with Crippen LogP contribution in [0.5, 0.6) is 11.5 Å². The molecule has 0 aliphatic rings. The third-order valence-electron chi connectivity index (χ3n) is 4.10. The molecule has 3 aromatic rings. The second-order valence-corrected chi connectivity index (χ2v) is 7.50. The molecule has 0 aliphatic heterocycles. The van der Waals surface area contributed by atoms with Crippen molar-refractivity contribution in [2.75, 3.05) is 32.6 Å². The summed E-state index contributed by atoms with van der Waals surface area (Å²) in [7, 11) is 4.08. The molecule has 1 aromatic heterocycles. The fourth-order valence-corrected chi connectivity index (χ4v) is 3.14. The maximum absolute atomic E-state index is 12.5. The summed E-state index contributed by atoms with van der Waals surface area (Å²) in [5, 5.41) is 4.83. The van der Waals surface area contributed by atoms with E-state index in [9.17, 15) is 4.79 Å². The molecule has 1 N–H and O–H groups in total. The highest BCUT2D eigenvalue weighted by atomic mass is 32.1. The van der Waals surface area contributed by atoms with E-state index in [4.69, 9.17) is 9.47 Å². The van der Waals surface area contributed by atoms with Crippen LogP contribution >= 0.6 is 11.3 Å². The standard InChI is InChI=1S/C22H25N3O3S/c1-25(2)11-4-12-27-20-9-7-18(8-10-20)24-22(26)17-5-3-6-21(13-17)28-14-19-15-29-16-23-19/h3,5-10,13,15-16H,4,11-12,14H2,1-2H3,(H,24,26). The van der Waals surface area contributed by atoms with Crippen molar-refractivity contribution in [3.8, 4) is 11.5 Å². The molecule has 0 radical (unpaired) electrons. The van der Waals surface area contributed by atoms with Crippen LogP contribution in [0.2, 0.25) is 0 Å². The number of carbonyl (C=O) groups excluding carboxylic acids is 1. The molecule has 3 rings (SSSR count). The van der Waals surface area contributed by atoms with Crippen LogP contribution in [-0.4, -0.2) is 43.0 Å². The quantitative estimate of drug-likeness (QED) is 0.504. The van der Waals surface area contributed by atoms with Gasteiger partial charge in [0.2, 0.25) is 0 Å². The highest BCUT2D eigenvalue weighted by Crippen LogP contribution is 2.19. The summed E-state index contributed by atoms with van der Waals surface area (Å²) < 4.78 is 11.4. The fourth-order valence-electron chi connectivity index (χ4n) is 2.60. The van der Waals surface area contributed by atoms with Crippen LogP contribution in [0.4, 0.5) is 5.69 Å². The molecule has 0 saturated heterocycles. The Morgan fingerprint density at radius 1 is 1.10 bits per heavy atom. The number of hydrogen-bond acceptors (Lipinski definition) is 6. The number of hydrogen-bond donors (Lipinski definition) is 1. The van der Waals surface area contributed by atoms with Gasteiger partial charge in [-0.3, -0.25) is 4.79 Å². The topological polar surface area (TPSA) is 63.7 Å². The van der Waals surface area contributed by atoms with E-state index in [2.05, 4.69) is 15.2 Å². The van der Waals surface area contributed by atoms with Gasteiger partial charge in [-0.2, -0.15) is 0 Å². The van der Waals surface area contributed by atoms with Gasteiger partial charge >= 0.3 is 0 Å². The number of rotatable bonds is 10. The molecule has 0 fully saturated rings. The molecular weight excluding hydrogens is 386 g/mol. The number of nitrogens with one attached hydrogen (secondary N) is 1. The first kappa shape index (κ1) is 20.8. The van der Waals surface area contributed by atoms with Crippen molar-refractivity contribution in [1.29, 1.82) is 0 Å². The smallest absolute Gasteiger partial charge is 0.255 e. The molecule has 7 heteroatoms. The third-order valence-corrected chi connectivity index (χ3v) is 4.73. The van der Waals surface area contributed by atoms with Gasteiger partial charge in [-0.15, -0.1) is 11.3 Å². The Kier molecular flexibility index (Phi) is 7.61. The number of aromatic nitrogens is 1. The first-order valence-electron chi connectivity index (χ1n) is 9.39. The largest absolute Gasteiger partial charge is 0.494 e. The van der Waals surface area contributed by atoms with Crippen LogP contribution in [-0.2, 0) is 6.61 Å². The molecule has 0 saturated carbocycles. The lowest BCUT2D eigenvalue weighted by Crippen LogP contribution is -2.15. The van der Waals surface area contributed by atoms with Crippen LogP contribution < -0.4 is 14.8 Å². The predicted molar refractivity (Wildman–Crippen MR) is 116 cm³/mol. The number of thiazole rings is 1. The maximum Gasteiger partial charge on any atom is 0.255 e. The Bertz CT molecular complexity index is 896. The molecule has 0 bridgehead atoms. The minimum Gasteiger partial charge on any atom is -0.494 e. The van der Waals surface area contributed by atoms with Crippen LogP contribution in [0.25, 0.3) is 0 Å². The molecule has 152 valence electrons. The molecule has 1 amide bonds. The number of anilines is 1. The average Bonchev–Trinajstić information content (AvgIpc) is 3.25. The molecule has 29 heavy (non-hydrogen) atoms. The molecule has 0 atom stereocenters. The van der Waals surface area contributed by atoms with E-state index in [0.717, 1.165) is 24.4 Å². The van der Waals surface area contributed by atoms with Crippen LogP contribution in [0, 0.1) is 0 Å². The van der Waals surface area contributed by atoms with Gasteiger partial charge in [0.15, 0.2) is 0 Å². The van der Waals surface area contributed by atoms with Gasteiger partial charge in [0.25, 0.3) is 5.91 Å². The third kappa shape index (κ3) is 6.89. The van der Waals surface area contributed by atoms with Crippen molar-refractivity contribution in [1.82, 2.24) is 9.88 Å². The minimum atomic E-state index is -0.191. The van der Waals surface area contributed by atoms with E-state index < -0.39 is 0 Å². The second kappa shape index (κ2) is 10.6. The first-order chi connectivity index (χ1) is 14.1. The van der Waals surface area contributed by atoms with Crippen LogP contribution in [0.1, 0.15) is 22.5 Å². The molecule has 0 spiro atoms. The zero-order valence-electron chi connectivity index (χ0n) is 16.6. The van der Waals surface area contributed by atoms with E-state index in [1.165, 1.54) is 11.3 Å². The van der Waals surface area contributed by atoms with E-state index in [1.54, 1.807) is 23.7 Å². The highest BCUT2D eigenvalue weighted by Gasteiger charge is 2.08. The molecule has 0 aliphatic carbocycles. The first-order valence-corrected chi connectivity index (χ1v) is 10.3. The van der Waals surface area contributed by atoms with Gasteiger partial charge in [-0.1, -0.05) is 6.07 Å². The van der Waals surface area contributed by atoms with Gasteiger partial charge < -0.3 is 19.7 Å². The number of amides is 1. The van der Waals surface area contributed by atoms with Gasteiger partial charge in [-0.25, -0.2) is 4.98 Å². The zero-order valence-corrected chi connectivity index (χ0v) is 17.4. The van der Waals surface area contributed by atoms with Crippen molar-refractivity contribution >= 4 is 22.9 Å². The van der Waals surface area contributed by atoms with E-state index in [1.807, 2.05) is 49.8 Å². The van der Waals surface area contributed by atoms with Gasteiger partial charge in [0.1, 0.15) is 18.1 Å². The van der Waals surface area contributed by atoms with Crippen molar-refractivity contribution in [3.05, 3.63) is 70.7 Å². The molecule has 2 aromatic carbocycles. The lowest BCUT2D eigenvalue weighted by molar-refractivity contribution is 0.102. The summed E-state index contributed by atoms with van der Waals surface area (Å²) in [6.45, 7) is 2.03. The lowest BCUT2D eigenvalue weighted by atomic mass is 10.2. The van der Waals surface area contributed by atoms with E-state index in [-0.39, 0.29) is 5.91 Å². The summed E-state index contributed by atoms with van der Waals surface area (Å²) in [6, 6.07) is 14.5. The Balaban J connectivity index is 1.51. The summed E-state index contributed by atoms with van der Waals surface area (Å²) in [6.07, 6.45) is 0.965. The summed E-state index contributed by atoms with van der Waals surface area (Å²) in [5.74, 6) is 1.23. The lowest BCUT2D eigenvalue weighted by Gasteiger charge is -2.11. The maximum atomic E-state index is 12.5. The predicted octanol–water partition coefficient (Wildman–Crippen LogP) is 4.30. The summed E-state index contributed by atoms with van der Waals surface area (Å²) in [4.78, 5) is 18.9. The van der Waals surface area contributed by atoms with Gasteiger partial charge in [0.05, 0.1) is 17.8 Å². The summed E-state index contributed by atoms with van der Waals surface area (Å²) in [5.41, 5.74) is 3.88. The van der Waals surface area contributed by atoms with Crippen molar-refractivity contribution in [2.45, 2.75) is 13.0 Å². The SMILES string of the molecule is CN(C)CCCOc1ccc(NC(=O)c2cccc(OCc3cscn3)c2)cc1. The summed E-state index contributed by atoms with van der Waals surface area (Å²) >= 11 is 1.53. The Hall–Kier alpha value is -2.90. The Labute approximate surface area is 175 Å². The van der Waals surface area contributed by atoms with Gasteiger partial charge in [-0.05, 0) is 63.0 Å². The van der Waals surface area contributed by atoms with E-state index in [0.29, 0.717) is 30.2 Å². The van der Waals surface area contributed by atoms with Crippen molar-refractivity contribution in [3.63, 3.8) is 0 Å². The average molecular weight is 412 g/mol. The molecule has 1 heterocycles. The van der Waals surface area contributed by atoms with Crippen LogP contribution in [0.3, 0.4) is 0 Å². The Morgan fingerprint density at radius 3 is 2.66 bits per heavy atom. The highest BCUT2D eigenvalue weighted by molar-refractivity contribution is 7.07. The van der Waals surface area contributed by atoms with E-state index >= 15 is 0 Å². The Morgan fingerprint density at radius 2 is 1.93 bits per heavy atom. The number of carbonyl (C=O) groups is 1. The second-order valence-electron chi connectivity index (χ2n) is 6.78. The van der Waals surface area contributed by atoms with Crippen molar-refractivity contribution in [2.24, 2.45) is 0 Å². The number of nitrogens with zero attached hydrogens (tertiary/aromatic N) is 2. The monoisotopic (exact) mass is 411 g/mol. The number of benzene rings is 2. The van der Waals surface area contributed by atoms with Crippen LogP contribution in [0.15, 0.2) is 59.4 Å². The molecule has 6 nitrogen and oxygen atoms in total. The van der Waals surface area contributed by atoms with Crippen molar-refractivity contribution < 1.29 is 14.3 Å². The normalized spacial score (nSPS) is 10.7.